The molecule has 0 aromatic carbocycles. The summed E-state index contributed by atoms with van der Waals surface area (Å²) in [6.07, 6.45) is 5.07. The van der Waals surface area contributed by atoms with Crippen molar-refractivity contribution < 1.29 is 9.53 Å². The molecule has 4 heteroatoms. The van der Waals surface area contributed by atoms with Crippen LogP contribution in [0.1, 0.15) is 45.7 Å². The van der Waals surface area contributed by atoms with Gasteiger partial charge in [-0.1, -0.05) is 6.07 Å². The predicted molar refractivity (Wildman–Crippen MR) is 92.4 cm³/mol. The smallest absolute Gasteiger partial charge is 0.161 e. The number of piperidine rings is 1. The number of pyridine rings is 1. The SMILES string of the molecule is COC(C)C(=O)CC1(Cc2ccccn2)CCN(C(C)C)CC1. The van der Waals surface area contributed by atoms with Gasteiger partial charge in [0, 0.05) is 31.5 Å². The molecule has 1 aliphatic rings. The second kappa shape index (κ2) is 8.02. The fourth-order valence-corrected chi connectivity index (χ4v) is 3.46. The Morgan fingerprint density at radius 1 is 1.30 bits per heavy atom. The third-order valence-corrected chi connectivity index (χ3v) is 5.23. The van der Waals surface area contributed by atoms with Gasteiger partial charge in [0.15, 0.2) is 5.78 Å². The van der Waals surface area contributed by atoms with E-state index in [0.29, 0.717) is 12.5 Å². The van der Waals surface area contributed by atoms with E-state index in [9.17, 15) is 4.79 Å². The molecule has 1 aromatic rings. The average molecular weight is 318 g/mol. The molecule has 0 aliphatic carbocycles. The minimum Gasteiger partial charge on any atom is -0.374 e. The van der Waals surface area contributed by atoms with E-state index in [4.69, 9.17) is 4.74 Å². The van der Waals surface area contributed by atoms with Gasteiger partial charge in [0.25, 0.3) is 0 Å². The van der Waals surface area contributed by atoms with Crippen molar-refractivity contribution in [2.24, 2.45) is 5.41 Å². The van der Waals surface area contributed by atoms with Crippen molar-refractivity contribution in [1.29, 1.82) is 0 Å². The molecular formula is C19H30N2O2. The Labute approximate surface area is 140 Å². The number of carbonyl (C=O) groups is 1. The summed E-state index contributed by atoms with van der Waals surface area (Å²) in [4.78, 5) is 19.5. The van der Waals surface area contributed by atoms with E-state index in [1.807, 2.05) is 25.3 Å². The van der Waals surface area contributed by atoms with E-state index in [1.54, 1.807) is 7.11 Å². The Hall–Kier alpha value is -1.26. The topological polar surface area (TPSA) is 42.4 Å². The van der Waals surface area contributed by atoms with Gasteiger partial charge in [0.05, 0.1) is 0 Å². The zero-order valence-electron chi connectivity index (χ0n) is 14.9. The van der Waals surface area contributed by atoms with E-state index < -0.39 is 0 Å². The molecule has 2 heterocycles. The van der Waals surface area contributed by atoms with Crippen LogP contribution in [-0.2, 0) is 16.0 Å². The molecule has 1 aromatic heterocycles. The van der Waals surface area contributed by atoms with Crippen molar-refractivity contribution in [1.82, 2.24) is 9.88 Å². The molecule has 1 aliphatic heterocycles. The minimum atomic E-state index is -0.321. The minimum absolute atomic E-state index is 0.0175. The van der Waals surface area contributed by atoms with Crippen molar-refractivity contribution in [3.05, 3.63) is 30.1 Å². The van der Waals surface area contributed by atoms with Crippen LogP contribution < -0.4 is 0 Å². The van der Waals surface area contributed by atoms with Gasteiger partial charge in [-0.2, -0.15) is 0 Å². The number of hydrogen-bond donors (Lipinski definition) is 0. The number of ether oxygens (including phenoxy) is 1. The summed E-state index contributed by atoms with van der Waals surface area (Å²) in [6, 6.07) is 6.60. The summed E-state index contributed by atoms with van der Waals surface area (Å²) in [5, 5.41) is 0. The Morgan fingerprint density at radius 3 is 2.52 bits per heavy atom. The van der Waals surface area contributed by atoms with E-state index in [2.05, 4.69) is 29.8 Å². The highest BCUT2D eigenvalue weighted by molar-refractivity contribution is 5.83. The van der Waals surface area contributed by atoms with Gasteiger partial charge in [0.2, 0.25) is 0 Å². The van der Waals surface area contributed by atoms with E-state index in [0.717, 1.165) is 38.0 Å². The number of methoxy groups -OCH3 is 1. The molecule has 1 atom stereocenters. The fourth-order valence-electron chi connectivity index (χ4n) is 3.46. The zero-order valence-corrected chi connectivity index (χ0v) is 14.9. The Bertz CT molecular complexity index is 493. The lowest BCUT2D eigenvalue weighted by molar-refractivity contribution is -0.131. The van der Waals surface area contributed by atoms with Crippen LogP contribution in [0.15, 0.2) is 24.4 Å². The summed E-state index contributed by atoms with van der Waals surface area (Å²) in [7, 11) is 1.61. The van der Waals surface area contributed by atoms with E-state index in [-0.39, 0.29) is 17.3 Å². The second-order valence-electron chi connectivity index (χ2n) is 7.15. The van der Waals surface area contributed by atoms with Gasteiger partial charge in [-0.3, -0.25) is 9.78 Å². The van der Waals surface area contributed by atoms with Crippen LogP contribution in [0.2, 0.25) is 0 Å². The van der Waals surface area contributed by atoms with Gasteiger partial charge in [-0.25, -0.2) is 0 Å². The average Bonchev–Trinajstić information content (AvgIpc) is 2.55. The van der Waals surface area contributed by atoms with Crippen molar-refractivity contribution in [3.8, 4) is 0 Å². The molecule has 0 bridgehead atoms. The first-order valence-electron chi connectivity index (χ1n) is 8.65. The summed E-state index contributed by atoms with van der Waals surface area (Å²) >= 11 is 0. The number of rotatable bonds is 7. The third-order valence-electron chi connectivity index (χ3n) is 5.23. The molecule has 1 fully saturated rings. The van der Waals surface area contributed by atoms with Gasteiger partial charge < -0.3 is 9.64 Å². The van der Waals surface area contributed by atoms with Gasteiger partial charge >= 0.3 is 0 Å². The van der Waals surface area contributed by atoms with Crippen molar-refractivity contribution >= 4 is 5.78 Å². The summed E-state index contributed by atoms with van der Waals surface area (Å²) < 4.78 is 5.23. The van der Waals surface area contributed by atoms with Gasteiger partial charge in [-0.15, -0.1) is 0 Å². The van der Waals surface area contributed by atoms with Crippen LogP contribution in [0.5, 0.6) is 0 Å². The molecule has 2 rings (SSSR count). The van der Waals surface area contributed by atoms with Crippen molar-refractivity contribution in [2.45, 2.75) is 58.6 Å². The number of ketones is 1. The Morgan fingerprint density at radius 2 is 2.00 bits per heavy atom. The lowest BCUT2D eigenvalue weighted by Gasteiger charge is -2.43. The highest BCUT2D eigenvalue weighted by atomic mass is 16.5. The summed E-state index contributed by atoms with van der Waals surface area (Å²) in [5.74, 6) is 0.210. The molecule has 0 saturated carbocycles. The maximum absolute atomic E-state index is 12.5. The fraction of sp³-hybridized carbons (Fsp3) is 0.684. The normalized spacial score (nSPS) is 19.7. The Balaban J connectivity index is 2.13. The first-order valence-corrected chi connectivity index (χ1v) is 8.65. The molecule has 1 saturated heterocycles. The Kier molecular flexibility index (Phi) is 6.31. The molecule has 128 valence electrons. The molecule has 0 N–H and O–H groups in total. The number of Topliss-reactive ketones (excluding diaryl/α,β-unsaturated/α-hetero) is 1. The first-order chi connectivity index (χ1) is 11.0. The summed E-state index contributed by atoms with van der Waals surface area (Å²) in [6.45, 7) is 8.44. The second-order valence-corrected chi connectivity index (χ2v) is 7.15. The predicted octanol–water partition coefficient (Wildman–Crippen LogP) is 3.11. The number of aromatic nitrogens is 1. The molecule has 0 amide bonds. The molecule has 4 nitrogen and oxygen atoms in total. The number of carbonyl (C=O) groups excluding carboxylic acids is 1. The van der Waals surface area contributed by atoms with Gasteiger partial charge in [0.1, 0.15) is 6.10 Å². The number of nitrogens with zero attached hydrogens (tertiary/aromatic N) is 2. The van der Waals surface area contributed by atoms with Crippen LogP contribution in [0.25, 0.3) is 0 Å². The van der Waals surface area contributed by atoms with Crippen molar-refractivity contribution in [2.75, 3.05) is 20.2 Å². The third kappa shape index (κ3) is 4.85. The van der Waals surface area contributed by atoms with Crippen LogP contribution in [0, 0.1) is 5.41 Å². The standard InChI is InChI=1S/C19H30N2O2/c1-15(2)21-11-8-19(9-12-21,14-18(22)16(3)23-4)13-17-7-5-6-10-20-17/h5-7,10,15-16H,8-9,11-14H2,1-4H3. The van der Waals surface area contributed by atoms with Crippen LogP contribution >= 0.6 is 0 Å². The number of hydrogen-bond acceptors (Lipinski definition) is 4. The maximum atomic E-state index is 12.5. The molecule has 0 radical (unpaired) electrons. The van der Waals surface area contributed by atoms with Crippen LogP contribution in [0.3, 0.4) is 0 Å². The lowest BCUT2D eigenvalue weighted by atomic mass is 9.70. The molecular weight excluding hydrogens is 288 g/mol. The summed E-state index contributed by atoms with van der Waals surface area (Å²) in [5.41, 5.74) is 1.10. The van der Waals surface area contributed by atoms with Gasteiger partial charge in [-0.05, 0) is 70.7 Å². The molecule has 23 heavy (non-hydrogen) atoms. The highest BCUT2D eigenvalue weighted by Gasteiger charge is 2.38. The maximum Gasteiger partial charge on any atom is 0.161 e. The van der Waals surface area contributed by atoms with Crippen LogP contribution in [0.4, 0.5) is 0 Å². The first kappa shape index (κ1) is 18.1. The quantitative estimate of drug-likeness (QED) is 0.775. The largest absolute Gasteiger partial charge is 0.374 e. The van der Waals surface area contributed by atoms with Crippen molar-refractivity contribution in [3.63, 3.8) is 0 Å². The molecule has 1 unspecified atom stereocenters. The van der Waals surface area contributed by atoms with E-state index in [1.165, 1.54) is 0 Å². The van der Waals surface area contributed by atoms with E-state index >= 15 is 0 Å². The van der Waals surface area contributed by atoms with Crippen LogP contribution in [-0.4, -0.2) is 48.0 Å². The molecule has 0 spiro atoms. The lowest BCUT2D eigenvalue weighted by Crippen LogP contribution is -2.45. The monoisotopic (exact) mass is 318 g/mol. The zero-order chi connectivity index (χ0) is 16.9. The highest BCUT2D eigenvalue weighted by Crippen LogP contribution is 2.39. The number of likely N-dealkylation sites (tertiary alicyclic amines) is 1.